The van der Waals surface area contributed by atoms with Crippen LogP contribution in [0.1, 0.15) is 43.5 Å². The van der Waals surface area contributed by atoms with Crippen molar-refractivity contribution in [2.45, 2.75) is 38.6 Å². The summed E-state index contributed by atoms with van der Waals surface area (Å²) in [5.74, 6) is -1.20. The molecule has 1 atom stereocenters. The molecule has 0 aliphatic rings. The first-order valence-electron chi connectivity index (χ1n) is 11.3. The lowest BCUT2D eigenvalue weighted by atomic mass is 9.87. The standard InChI is InChI=1S/C28H29ClFN3O2/c1-5-25(34)33(24-11-9-21(10-12-24)28(2,3)4)26(20-16-22(29)18-31-17-20)27(35)32-14-13-19-7-6-8-23(30)15-19/h5-12,15-18,26H,1,13-14H2,2-4H3,(H,32,35). The van der Waals surface area contributed by atoms with E-state index in [4.69, 9.17) is 11.6 Å². The minimum absolute atomic E-state index is 0.0730. The Morgan fingerprint density at radius 3 is 2.46 bits per heavy atom. The number of halogens is 2. The summed E-state index contributed by atoms with van der Waals surface area (Å²) in [5.41, 5.74) is 2.76. The van der Waals surface area contributed by atoms with Gasteiger partial charge < -0.3 is 5.32 Å². The van der Waals surface area contributed by atoms with E-state index < -0.39 is 17.9 Å². The minimum Gasteiger partial charge on any atom is -0.354 e. The number of amides is 2. The van der Waals surface area contributed by atoms with Crippen molar-refractivity contribution >= 4 is 29.1 Å². The molecule has 2 amide bonds. The number of nitrogens with one attached hydrogen (secondary N) is 1. The Bertz CT molecular complexity index is 1210. The Labute approximate surface area is 210 Å². The van der Waals surface area contributed by atoms with E-state index in [1.54, 1.807) is 18.2 Å². The predicted molar refractivity (Wildman–Crippen MR) is 138 cm³/mol. The molecule has 3 aromatic rings. The average Bonchev–Trinajstić information content (AvgIpc) is 2.81. The summed E-state index contributed by atoms with van der Waals surface area (Å²) in [7, 11) is 0. The highest BCUT2D eigenvalue weighted by Gasteiger charge is 2.32. The second-order valence-corrected chi connectivity index (χ2v) is 9.66. The van der Waals surface area contributed by atoms with E-state index in [1.165, 1.54) is 35.5 Å². The second-order valence-electron chi connectivity index (χ2n) is 9.22. The number of nitrogens with zero attached hydrogens (tertiary/aromatic N) is 2. The van der Waals surface area contributed by atoms with E-state index in [9.17, 15) is 14.0 Å². The van der Waals surface area contributed by atoms with E-state index >= 15 is 0 Å². The molecule has 182 valence electrons. The number of rotatable bonds is 8. The van der Waals surface area contributed by atoms with Crippen LogP contribution in [0.25, 0.3) is 0 Å². The predicted octanol–water partition coefficient (Wildman–Crippen LogP) is 5.79. The third kappa shape index (κ3) is 6.76. The van der Waals surface area contributed by atoms with Crippen LogP contribution in [0.2, 0.25) is 5.02 Å². The van der Waals surface area contributed by atoms with Crippen molar-refractivity contribution in [3.05, 3.63) is 107 Å². The molecular formula is C28H29ClFN3O2. The Balaban J connectivity index is 1.95. The molecule has 1 aromatic heterocycles. The van der Waals surface area contributed by atoms with E-state index in [0.717, 1.165) is 11.1 Å². The van der Waals surface area contributed by atoms with Crippen molar-refractivity contribution in [1.82, 2.24) is 10.3 Å². The summed E-state index contributed by atoms with van der Waals surface area (Å²) < 4.78 is 13.5. The molecule has 0 radical (unpaired) electrons. The van der Waals surface area contributed by atoms with E-state index in [0.29, 0.717) is 22.7 Å². The fraction of sp³-hybridized carbons (Fsp3) is 0.250. The fourth-order valence-electron chi connectivity index (χ4n) is 3.74. The van der Waals surface area contributed by atoms with Gasteiger partial charge in [0.1, 0.15) is 11.9 Å². The quantitative estimate of drug-likeness (QED) is 0.404. The maximum Gasteiger partial charge on any atom is 0.251 e. The van der Waals surface area contributed by atoms with Gasteiger partial charge in [-0.1, -0.05) is 63.2 Å². The summed E-state index contributed by atoms with van der Waals surface area (Å²) in [6.45, 7) is 10.2. The maximum atomic E-state index is 13.5. The lowest BCUT2D eigenvalue weighted by Gasteiger charge is -2.31. The Hall–Kier alpha value is -3.51. The lowest BCUT2D eigenvalue weighted by Crippen LogP contribution is -2.44. The van der Waals surface area contributed by atoms with E-state index in [1.807, 2.05) is 24.3 Å². The molecule has 0 spiro atoms. The number of anilines is 1. The number of carbonyl (C=O) groups is 2. The maximum absolute atomic E-state index is 13.5. The van der Waals surface area contributed by atoms with Crippen LogP contribution in [-0.2, 0) is 21.4 Å². The molecule has 1 unspecified atom stereocenters. The third-order valence-corrected chi connectivity index (χ3v) is 5.78. The fourth-order valence-corrected chi connectivity index (χ4v) is 3.92. The molecule has 3 rings (SSSR count). The second kappa shape index (κ2) is 11.3. The Morgan fingerprint density at radius 1 is 1.14 bits per heavy atom. The van der Waals surface area contributed by atoms with Crippen molar-refractivity contribution < 1.29 is 14.0 Å². The van der Waals surface area contributed by atoms with Crippen LogP contribution in [-0.4, -0.2) is 23.3 Å². The number of hydrogen-bond donors (Lipinski definition) is 1. The van der Waals surface area contributed by atoms with Crippen molar-refractivity contribution in [2.24, 2.45) is 0 Å². The smallest absolute Gasteiger partial charge is 0.251 e. The van der Waals surface area contributed by atoms with Gasteiger partial charge >= 0.3 is 0 Å². The first kappa shape index (κ1) is 26.1. The summed E-state index contributed by atoms with van der Waals surface area (Å²) in [6.07, 6.45) is 4.57. The first-order chi connectivity index (χ1) is 16.6. The van der Waals surface area contributed by atoms with Crippen molar-refractivity contribution in [3.8, 4) is 0 Å². The zero-order valence-corrected chi connectivity index (χ0v) is 20.8. The molecule has 0 saturated heterocycles. The van der Waals surface area contributed by atoms with Gasteiger partial charge in [0, 0.05) is 30.2 Å². The number of hydrogen-bond acceptors (Lipinski definition) is 3. The Kier molecular flexibility index (Phi) is 8.41. The highest BCUT2D eigenvalue weighted by molar-refractivity contribution is 6.30. The highest BCUT2D eigenvalue weighted by atomic mass is 35.5. The summed E-state index contributed by atoms with van der Waals surface area (Å²) >= 11 is 6.17. The van der Waals surface area contributed by atoms with Gasteiger partial charge in [0.25, 0.3) is 5.91 Å². The Morgan fingerprint density at radius 2 is 1.86 bits per heavy atom. The van der Waals surface area contributed by atoms with Gasteiger partial charge in [-0.3, -0.25) is 19.5 Å². The van der Waals surface area contributed by atoms with Gasteiger partial charge in [-0.05, 0) is 59.4 Å². The third-order valence-electron chi connectivity index (χ3n) is 5.57. The molecule has 1 N–H and O–H groups in total. The molecule has 35 heavy (non-hydrogen) atoms. The van der Waals surface area contributed by atoms with E-state index in [-0.39, 0.29) is 17.8 Å². The molecule has 1 heterocycles. The van der Waals surface area contributed by atoms with Gasteiger partial charge in [0.15, 0.2) is 0 Å². The zero-order valence-electron chi connectivity index (χ0n) is 20.1. The first-order valence-corrected chi connectivity index (χ1v) is 11.7. The van der Waals surface area contributed by atoms with Gasteiger partial charge in [-0.15, -0.1) is 0 Å². The van der Waals surface area contributed by atoms with Crippen LogP contribution in [0.3, 0.4) is 0 Å². The molecule has 0 fully saturated rings. The molecule has 5 nitrogen and oxygen atoms in total. The van der Waals surface area contributed by atoms with Crippen LogP contribution in [0.4, 0.5) is 10.1 Å². The average molecular weight is 494 g/mol. The number of benzene rings is 2. The lowest BCUT2D eigenvalue weighted by molar-refractivity contribution is -0.125. The normalized spacial score (nSPS) is 12.0. The van der Waals surface area contributed by atoms with Crippen LogP contribution in [0.15, 0.2) is 79.6 Å². The molecule has 2 aromatic carbocycles. The highest BCUT2D eigenvalue weighted by Crippen LogP contribution is 2.31. The zero-order chi connectivity index (χ0) is 25.6. The van der Waals surface area contributed by atoms with Crippen LogP contribution in [0.5, 0.6) is 0 Å². The topological polar surface area (TPSA) is 62.3 Å². The van der Waals surface area contributed by atoms with Gasteiger partial charge in [0.2, 0.25) is 5.91 Å². The van der Waals surface area contributed by atoms with Crippen LogP contribution < -0.4 is 10.2 Å². The molecule has 0 aliphatic carbocycles. The SMILES string of the molecule is C=CC(=O)N(c1ccc(C(C)(C)C)cc1)C(C(=O)NCCc1cccc(F)c1)c1cncc(Cl)c1. The summed E-state index contributed by atoms with van der Waals surface area (Å²) in [4.78, 5) is 32.0. The van der Waals surface area contributed by atoms with Gasteiger partial charge in [-0.2, -0.15) is 0 Å². The van der Waals surface area contributed by atoms with E-state index in [2.05, 4.69) is 37.7 Å². The summed E-state index contributed by atoms with van der Waals surface area (Å²) in [5, 5.41) is 3.21. The number of aromatic nitrogens is 1. The van der Waals surface area contributed by atoms with Gasteiger partial charge in [0.05, 0.1) is 5.02 Å². The number of carbonyl (C=O) groups excluding carboxylic acids is 2. The largest absolute Gasteiger partial charge is 0.354 e. The van der Waals surface area contributed by atoms with Gasteiger partial charge in [-0.25, -0.2) is 4.39 Å². The molecule has 7 heteroatoms. The van der Waals surface area contributed by atoms with Crippen LogP contribution >= 0.6 is 11.6 Å². The molecule has 0 aliphatic heterocycles. The van der Waals surface area contributed by atoms with Crippen molar-refractivity contribution in [1.29, 1.82) is 0 Å². The van der Waals surface area contributed by atoms with Crippen molar-refractivity contribution in [3.63, 3.8) is 0 Å². The molecular weight excluding hydrogens is 465 g/mol. The molecule has 0 bridgehead atoms. The minimum atomic E-state index is -1.04. The van der Waals surface area contributed by atoms with Crippen LogP contribution in [0, 0.1) is 5.82 Å². The summed E-state index contributed by atoms with van der Waals surface area (Å²) in [6, 6.07) is 14.3. The monoisotopic (exact) mass is 493 g/mol. The van der Waals surface area contributed by atoms with Crippen molar-refractivity contribution in [2.75, 3.05) is 11.4 Å². The molecule has 0 saturated carbocycles. The number of pyridine rings is 1.